The highest BCUT2D eigenvalue weighted by molar-refractivity contribution is 9.10. The highest BCUT2D eigenvalue weighted by Crippen LogP contribution is 2.21. The molecule has 148 valence electrons. The van der Waals surface area contributed by atoms with Crippen LogP contribution in [-0.2, 0) is 9.59 Å². The Morgan fingerprint density at radius 2 is 1.71 bits per heavy atom. The number of carbonyl (C=O) groups excluding carboxylic acids is 3. The molecular weight excluding hydrogens is 426 g/mol. The van der Waals surface area contributed by atoms with Crippen LogP contribution in [0.3, 0.4) is 0 Å². The molecule has 0 atom stereocenters. The van der Waals surface area contributed by atoms with Gasteiger partial charge in [-0.15, -0.1) is 0 Å². The summed E-state index contributed by atoms with van der Waals surface area (Å²) in [6, 6.07) is 11.7. The number of hydrogen-bond donors (Lipinski definition) is 3. The molecule has 3 amide bonds. The summed E-state index contributed by atoms with van der Waals surface area (Å²) in [5.74, 6) is -0.655. The molecule has 3 N–H and O–H groups in total. The van der Waals surface area contributed by atoms with Crippen LogP contribution in [0.1, 0.15) is 29.8 Å². The molecule has 0 aliphatic carbocycles. The maximum atomic E-state index is 12.1. The first kappa shape index (κ1) is 21.4. The van der Waals surface area contributed by atoms with Crippen molar-refractivity contribution in [2.75, 3.05) is 11.9 Å². The van der Waals surface area contributed by atoms with E-state index in [-0.39, 0.29) is 18.4 Å². The number of halogens is 1. The highest BCUT2D eigenvalue weighted by atomic mass is 79.9. The van der Waals surface area contributed by atoms with Crippen molar-refractivity contribution in [2.24, 2.45) is 5.92 Å². The van der Waals surface area contributed by atoms with E-state index in [1.165, 1.54) is 0 Å². The van der Waals surface area contributed by atoms with Crippen molar-refractivity contribution in [3.8, 4) is 5.75 Å². The zero-order valence-electron chi connectivity index (χ0n) is 15.8. The van der Waals surface area contributed by atoms with Gasteiger partial charge in [-0.25, -0.2) is 0 Å². The maximum Gasteiger partial charge on any atom is 0.276 e. The number of hydrogen-bond acceptors (Lipinski definition) is 4. The van der Waals surface area contributed by atoms with Gasteiger partial charge in [0.25, 0.3) is 11.8 Å². The van der Waals surface area contributed by atoms with Gasteiger partial charge in [0.2, 0.25) is 5.91 Å². The molecular formula is C20H22BrN3O4. The Labute approximate surface area is 171 Å². The van der Waals surface area contributed by atoms with Crippen LogP contribution in [0.25, 0.3) is 0 Å². The molecule has 2 aromatic carbocycles. The van der Waals surface area contributed by atoms with E-state index in [9.17, 15) is 14.4 Å². The number of rotatable bonds is 6. The van der Waals surface area contributed by atoms with Crippen molar-refractivity contribution in [3.63, 3.8) is 0 Å². The van der Waals surface area contributed by atoms with Gasteiger partial charge >= 0.3 is 0 Å². The molecule has 7 nitrogen and oxygen atoms in total. The van der Waals surface area contributed by atoms with Gasteiger partial charge in [-0.3, -0.25) is 25.2 Å². The molecule has 2 rings (SSSR count). The van der Waals surface area contributed by atoms with E-state index >= 15 is 0 Å². The zero-order chi connectivity index (χ0) is 20.7. The number of benzene rings is 2. The van der Waals surface area contributed by atoms with Crippen LogP contribution in [0.15, 0.2) is 46.9 Å². The molecule has 0 heterocycles. The van der Waals surface area contributed by atoms with Crippen molar-refractivity contribution in [1.29, 1.82) is 0 Å². The first-order valence-electron chi connectivity index (χ1n) is 8.65. The molecule has 0 aliphatic rings. The SMILES string of the molecule is Cc1cc(OCC(=O)NNC(=O)c2ccc(NC(=O)C(C)C)cc2)ccc1Br. The summed E-state index contributed by atoms with van der Waals surface area (Å²) in [6.07, 6.45) is 0. The summed E-state index contributed by atoms with van der Waals surface area (Å²) in [6.45, 7) is 5.27. The molecule has 0 saturated carbocycles. The second-order valence-corrected chi connectivity index (χ2v) is 7.28. The molecule has 0 unspecified atom stereocenters. The Hall–Kier alpha value is -2.87. The predicted octanol–water partition coefficient (Wildman–Crippen LogP) is 3.19. The van der Waals surface area contributed by atoms with Gasteiger partial charge in [-0.1, -0.05) is 29.8 Å². The summed E-state index contributed by atoms with van der Waals surface area (Å²) in [5.41, 5.74) is 6.54. The first-order valence-corrected chi connectivity index (χ1v) is 9.44. The third-order valence-corrected chi connectivity index (χ3v) is 4.64. The van der Waals surface area contributed by atoms with Crippen molar-refractivity contribution < 1.29 is 19.1 Å². The van der Waals surface area contributed by atoms with E-state index in [0.717, 1.165) is 10.0 Å². The molecule has 0 spiro atoms. The van der Waals surface area contributed by atoms with Gasteiger partial charge in [0.1, 0.15) is 5.75 Å². The molecule has 0 aliphatic heterocycles. The molecule has 2 aromatic rings. The topological polar surface area (TPSA) is 96.5 Å². The van der Waals surface area contributed by atoms with Crippen LogP contribution in [-0.4, -0.2) is 24.3 Å². The second-order valence-electron chi connectivity index (χ2n) is 6.42. The van der Waals surface area contributed by atoms with Crippen molar-refractivity contribution in [2.45, 2.75) is 20.8 Å². The van der Waals surface area contributed by atoms with E-state index in [4.69, 9.17) is 4.74 Å². The Morgan fingerprint density at radius 3 is 2.32 bits per heavy atom. The quantitative estimate of drug-likeness (QED) is 0.592. The van der Waals surface area contributed by atoms with Gasteiger partial charge in [0.15, 0.2) is 6.61 Å². The fraction of sp³-hybridized carbons (Fsp3) is 0.250. The predicted molar refractivity (Wildman–Crippen MR) is 110 cm³/mol. The molecule has 0 fully saturated rings. The standard InChI is InChI=1S/C20H22BrN3O4/c1-12(2)19(26)22-15-6-4-14(5-7-15)20(27)24-23-18(25)11-28-16-8-9-17(21)13(3)10-16/h4-10,12H,11H2,1-3H3,(H,22,26)(H,23,25)(H,24,27). The third-order valence-electron chi connectivity index (χ3n) is 3.75. The number of ether oxygens (including phenoxy) is 1. The highest BCUT2D eigenvalue weighted by Gasteiger charge is 2.10. The Bertz CT molecular complexity index is 866. The summed E-state index contributed by atoms with van der Waals surface area (Å²) in [4.78, 5) is 35.6. The maximum absolute atomic E-state index is 12.1. The van der Waals surface area contributed by atoms with Crippen LogP contribution in [0.4, 0.5) is 5.69 Å². The van der Waals surface area contributed by atoms with Crippen LogP contribution >= 0.6 is 15.9 Å². The number of amides is 3. The minimum absolute atomic E-state index is 0.106. The van der Waals surface area contributed by atoms with Crippen molar-refractivity contribution >= 4 is 39.3 Å². The summed E-state index contributed by atoms with van der Waals surface area (Å²) < 4.78 is 6.34. The van der Waals surface area contributed by atoms with E-state index < -0.39 is 11.8 Å². The van der Waals surface area contributed by atoms with Gasteiger partial charge in [0, 0.05) is 21.6 Å². The summed E-state index contributed by atoms with van der Waals surface area (Å²) in [5, 5.41) is 2.74. The Morgan fingerprint density at radius 1 is 1.04 bits per heavy atom. The van der Waals surface area contributed by atoms with E-state index in [1.54, 1.807) is 50.2 Å². The Balaban J connectivity index is 1.80. The average Bonchev–Trinajstić information content (AvgIpc) is 2.67. The van der Waals surface area contributed by atoms with Crippen LogP contribution in [0, 0.1) is 12.8 Å². The van der Waals surface area contributed by atoms with E-state index in [1.807, 2.05) is 13.0 Å². The molecule has 0 saturated heterocycles. The lowest BCUT2D eigenvalue weighted by atomic mass is 10.1. The number of aryl methyl sites for hydroxylation is 1. The van der Waals surface area contributed by atoms with Gasteiger partial charge in [-0.2, -0.15) is 0 Å². The van der Waals surface area contributed by atoms with Gasteiger partial charge < -0.3 is 10.1 Å². The van der Waals surface area contributed by atoms with Gasteiger partial charge in [-0.05, 0) is 55.0 Å². The first-order chi connectivity index (χ1) is 13.3. The van der Waals surface area contributed by atoms with E-state index in [2.05, 4.69) is 32.1 Å². The molecule has 0 radical (unpaired) electrons. The molecule has 28 heavy (non-hydrogen) atoms. The monoisotopic (exact) mass is 447 g/mol. The largest absolute Gasteiger partial charge is 0.484 e. The lowest BCUT2D eigenvalue weighted by Gasteiger charge is -2.10. The second kappa shape index (κ2) is 9.89. The van der Waals surface area contributed by atoms with Crippen LogP contribution in [0.2, 0.25) is 0 Å². The molecule has 8 heteroatoms. The number of hydrazine groups is 1. The van der Waals surface area contributed by atoms with Crippen LogP contribution < -0.4 is 20.9 Å². The number of carbonyl (C=O) groups is 3. The minimum atomic E-state index is -0.491. The zero-order valence-corrected chi connectivity index (χ0v) is 17.4. The molecule has 0 aromatic heterocycles. The summed E-state index contributed by atoms with van der Waals surface area (Å²) in [7, 11) is 0. The van der Waals surface area contributed by atoms with Crippen molar-refractivity contribution in [1.82, 2.24) is 10.9 Å². The summed E-state index contributed by atoms with van der Waals surface area (Å²) >= 11 is 3.39. The lowest BCUT2D eigenvalue weighted by Crippen LogP contribution is -2.43. The van der Waals surface area contributed by atoms with Crippen molar-refractivity contribution in [3.05, 3.63) is 58.1 Å². The minimum Gasteiger partial charge on any atom is -0.484 e. The normalized spacial score (nSPS) is 10.3. The number of anilines is 1. The van der Waals surface area contributed by atoms with E-state index in [0.29, 0.717) is 17.0 Å². The molecule has 0 bridgehead atoms. The number of nitrogens with one attached hydrogen (secondary N) is 3. The van der Waals surface area contributed by atoms with Crippen LogP contribution in [0.5, 0.6) is 5.75 Å². The fourth-order valence-corrected chi connectivity index (χ4v) is 2.33. The fourth-order valence-electron chi connectivity index (χ4n) is 2.08. The third kappa shape index (κ3) is 6.38. The smallest absolute Gasteiger partial charge is 0.276 e. The van der Waals surface area contributed by atoms with Gasteiger partial charge in [0.05, 0.1) is 0 Å². The Kier molecular flexibility index (Phi) is 7.57. The average molecular weight is 448 g/mol. The lowest BCUT2D eigenvalue weighted by molar-refractivity contribution is -0.123.